The first-order chi connectivity index (χ1) is 3.80. The van der Waals surface area contributed by atoms with E-state index in [1.807, 2.05) is 0 Å². The summed E-state index contributed by atoms with van der Waals surface area (Å²) in [6.07, 6.45) is 1.57. The van der Waals surface area contributed by atoms with Crippen LogP contribution in [0.1, 0.15) is 10.5 Å². The number of rotatable bonds is 1. The molecular formula is C5H5CuNO2. The molecule has 53 valence electrons. The molecule has 1 radical (unpaired) electrons. The van der Waals surface area contributed by atoms with E-state index in [2.05, 4.69) is 4.98 Å². The monoisotopic (exact) mass is 174 g/mol. The normalized spacial score (nSPS) is 8.00. The topological polar surface area (TPSA) is 53.1 Å². The van der Waals surface area contributed by atoms with E-state index in [1.54, 1.807) is 12.3 Å². The third-order valence-electron chi connectivity index (χ3n) is 0.828. The Balaban J connectivity index is 0.000000640. The van der Waals surface area contributed by atoms with Gasteiger partial charge in [-0.25, -0.2) is 4.79 Å². The molecule has 2 N–H and O–H groups in total. The fraction of sp³-hybridized carbons (Fsp3) is 0. The van der Waals surface area contributed by atoms with Crippen molar-refractivity contribution in [1.82, 2.24) is 4.98 Å². The van der Waals surface area contributed by atoms with Gasteiger partial charge in [0.1, 0.15) is 5.69 Å². The van der Waals surface area contributed by atoms with Gasteiger partial charge in [-0.05, 0) is 12.1 Å². The van der Waals surface area contributed by atoms with Gasteiger partial charge in [-0.3, -0.25) is 0 Å². The van der Waals surface area contributed by atoms with Crippen LogP contribution in [0.15, 0.2) is 18.3 Å². The number of carboxylic acids is 1. The molecule has 1 rings (SSSR count). The zero-order valence-electron chi connectivity index (χ0n) is 4.39. The summed E-state index contributed by atoms with van der Waals surface area (Å²) in [7, 11) is 0. The fourth-order valence-electron chi connectivity index (χ4n) is 0.463. The van der Waals surface area contributed by atoms with Crippen molar-refractivity contribution in [2.75, 3.05) is 0 Å². The maximum absolute atomic E-state index is 10.0. The van der Waals surface area contributed by atoms with Crippen molar-refractivity contribution in [3.63, 3.8) is 0 Å². The maximum Gasteiger partial charge on any atom is 0.352 e. The van der Waals surface area contributed by atoms with Crippen molar-refractivity contribution in [2.24, 2.45) is 0 Å². The molecule has 0 amide bonds. The van der Waals surface area contributed by atoms with E-state index in [-0.39, 0.29) is 22.8 Å². The standard InChI is InChI=1S/C5H5NO2.Cu/c7-5(8)4-2-1-3-6-4;/h1-3,6H,(H,7,8);. The molecule has 0 bridgehead atoms. The second-order valence-corrected chi connectivity index (χ2v) is 1.39. The second kappa shape index (κ2) is 3.33. The van der Waals surface area contributed by atoms with Crippen molar-refractivity contribution in [3.8, 4) is 0 Å². The van der Waals surface area contributed by atoms with Gasteiger partial charge in [-0.1, -0.05) is 0 Å². The second-order valence-electron chi connectivity index (χ2n) is 1.39. The van der Waals surface area contributed by atoms with Gasteiger partial charge in [-0.15, -0.1) is 0 Å². The third kappa shape index (κ3) is 1.91. The summed E-state index contributed by atoms with van der Waals surface area (Å²) in [6.45, 7) is 0. The molecule has 1 heterocycles. The van der Waals surface area contributed by atoms with E-state index in [4.69, 9.17) is 5.11 Å². The zero-order chi connectivity index (χ0) is 5.98. The molecule has 0 fully saturated rings. The Morgan fingerprint density at radius 3 is 2.56 bits per heavy atom. The first-order valence-electron chi connectivity index (χ1n) is 2.17. The van der Waals surface area contributed by atoms with Crippen LogP contribution in [-0.4, -0.2) is 16.1 Å². The molecule has 1 aromatic rings. The van der Waals surface area contributed by atoms with Gasteiger partial charge < -0.3 is 10.1 Å². The minimum Gasteiger partial charge on any atom is -0.477 e. The average Bonchev–Trinajstić information content (AvgIpc) is 2.12. The van der Waals surface area contributed by atoms with E-state index < -0.39 is 5.97 Å². The Kier molecular flexibility index (Phi) is 3.06. The summed E-state index contributed by atoms with van der Waals surface area (Å²) in [5.74, 6) is -0.921. The summed E-state index contributed by atoms with van der Waals surface area (Å²) in [5, 5.41) is 8.24. The van der Waals surface area contributed by atoms with Crippen LogP contribution in [0.2, 0.25) is 0 Å². The molecule has 9 heavy (non-hydrogen) atoms. The SMILES string of the molecule is O=C(O)c1ccc[nH]1.[Cu]. The van der Waals surface area contributed by atoms with E-state index >= 15 is 0 Å². The van der Waals surface area contributed by atoms with Crippen molar-refractivity contribution in [3.05, 3.63) is 24.0 Å². The van der Waals surface area contributed by atoms with Crippen molar-refractivity contribution in [2.45, 2.75) is 0 Å². The Morgan fingerprint density at radius 1 is 1.67 bits per heavy atom. The number of hydrogen-bond acceptors (Lipinski definition) is 1. The third-order valence-corrected chi connectivity index (χ3v) is 0.828. The first-order valence-corrected chi connectivity index (χ1v) is 2.17. The smallest absolute Gasteiger partial charge is 0.352 e. The molecule has 0 aliphatic carbocycles. The van der Waals surface area contributed by atoms with E-state index in [0.29, 0.717) is 0 Å². The molecule has 0 spiro atoms. The molecule has 0 atom stereocenters. The molecule has 0 saturated carbocycles. The quantitative estimate of drug-likeness (QED) is 0.617. The van der Waals surface area contributed by atoms with Crippen LogP contribution in [0.25, 0.3) is 0 Å². The number of carbonyl (C=O) groups is 1. The van der Waals surface area contributed by atoms with Crippen molar-refractivity contribution >= 4 is 5.97 Å². The van der Waals surface area contributed by atoms with Crippen LogP contribution < -0.4 is 0 Å². The summed E-state index contributed by atoms with van der Waals surface area (Å²) in [5.41, 5.74) is 0.227. The fourth-order valence-corrected chi connectivity index (χ4v) is 0.463. The summed E-state index contributed by atoms with van der Waals surface area (Å²) >= 11 is 0. The predicted molar refractivity (Wildman–Crippen MR) is 27.8 cm³/mol. The van der Waals surface area contributed by atoms with Gasteiger partial charge >= 0.3 is 5.97 Å². The Morgan fingerprint density at radius 2 is 2.33 bits per heavy atom. The van der Waals surface area contributed by atoms with E-state index in [1.165, 1.54) is 6.07 Å². The van der Waals surface area contributed by atoms with Crippen molar-refractivity contribution < 1.29 is 27.0 Å². The number of nitrogens with one attached hydrogen (secondary N) is 1. The van der Waals surface area contributed by atoms with Crippen LogP contribution in [-0.2, 0) is 17.1 Å². The summed E-state index contributed by atoms with van der Waals surface area (Å²) < 4.78 is 0. The van der Waals surface area contributed by atoms with E-state index in [9.17, 15) is 4.79 Å². The minimum atomic E-state index is -0.921. The molecule has 0 aromatic carbocycles. The van der Waals surface area contributed by atoms with Gasteiger partial charge in [0.05, 0.1) is 0 Å². The van der Waals surface area contributed by atoms with Gasteiger partial charge in [0.2, 0.25) is 0 Å². The molecule has 0 aliphatic rings. The van der Waals surface area contributed by atoms with Crippen LogP contribution in [0.4, 0.5) is 0 Å². The number of aromatic nitrogens is 1. The van der Waals surface area contributed by atoms with Crippen molar-refractivity contribution in [1.29, 1.82) is 0 Å². The van der Waals surface area contributed by atoms with E-state index in [0.717, 1.165) is 0 Å². The largest absolute Gasteiger partial charge is 0.477 e. The van der Waals surface area contributed by atoms with Gasteiger partial charge in [0.15, 0.2) is 0 Å². The predicted octanol–water partition coefficient (Wildman–Crippen LogP) is 0.710. The minimum absolute atomic E-state index is 0. The molecule has 0 saturated heterocycles. The summed E-state index contributed by atoms with van der Waals surface area (Å²) in [6, 6.07) is 3.14. The average molecular weight is 175 g/mol. The van der Waals surface area contributed by atoms with Crippen LogP contribution >= 0.6 is 0 Å². The van der Waals surface area contributed by atoms with Crippen LogP contribution in [0.5, 0.6) is 0 Å². The Bertz CT molecular complexity index is 183. The van der Waals surface area contributed by atoms with Crippen LogP contribution in [0, 0.1) is 0 Å². The Labute approximate surface area is 62.6 Å². The first kappa shape index (κ1) is 8.27. The number of aromatic amines is 1. The summed E-state index contributed by atoms with van der Waals surface area (Å²) in [4.78, 5) is 12.6. The molecular weight excluding hydrogens is 170 g/mol. The number of hydrogen-bond donors (Lipinski definition) is 2. The molecule has 4 heteroatoms. The van der Waals surface area contributed by atoms with Gasteiger partial charge in [0, 0.05) is 23.3 Å². The molecule has 0 unspecified atom stereocenters. The van der Waals surface area contributed by atoms with Crippen LogP contribution in [0.3, 0.4) is 0 Å². The molecule has 3 nitrogen and oxygen atoms in total. The molecule has 1 aromatic heterocycles. The molecule has 0 aliphatic heterocycles. The maximum atomic E-state index is 10.0. The Hall–Kier alpha value is -0.731. The van der Waals surface area contributed by atoms with Gasteiger partial charge in [0.25, 0.3) is 0 Å². The number of carboxylic acid groups (broad SMARTS) is 1. The van der Waals surface area contributed by atoms with Gasteiger partial charge in [-0.2, -0.15) is 0 Å². The number of aromatic carboxylic acids is 1. The number of H-pyrrole nitrogens is 1. The zero-order valence-corrected chi connectivity index (χ0v) is 5.33.